The summed E-state index contributed by atoms with van der Waals surface area (Å²) in [6.07, 6.45) is 5.52. The van der Waals surface area contributed by atoms with Crippen LogP contribution in [0, 0.1) is 11.7 Å². The molecule has 1 N–H and O–H groups in total. The molecule has 5 nitrogen and oxygen atoms in total. The van der Waals surface area contributed by atoms with E-state index in [0.29, 0.717) is 40.8 Å². The summed E-state index contributed by atoms with van der Waals surface area (Å²) in [5.74, 6) is -1.02. The Hall–Kier alpha value is -1.96. The summed E-state index contributed by atoms with van der Waals surface area (Å²) in [7, 11) is 0. The third kappa shape index (κ3) is 5.00. The molecule has 32 heavy (non-hydrogen) atoms. The number of carbonyl (C=O) groups is 2. The van der Waals surface area contributed by atoms with E-state index in [1.165, 1.54) is 22.3 Å². The number of hydrogen-bond donors (Lipinski definition) is 1. The maximum atomic E-state index is 14.2. The Labute approximate surface area is 196 Å². The van der Waals surface area contributed by atoms with Crippen LogP contribution in [0.3, 0.4) is 0 Å². The van der Waals surface area contributed by atoms with Crippen LogP contribution in [0.15, 0.2) is 18.2 Å². The van der Waals surface area contributed by atoms with Crippen molar-refractivity contribution >= 4 is 39.8 Å². The van der Waals surface area contributed by atoms with E-state index in [0.717, 1.165) is 50.6 Å². The molecule has 172 valence electrons. The van der Waals surface area contributed by atoms with Gasteiger partial charge >= 0.3 is 5.97 Å². The summed E-state index contributed by atoms with van der Waals surface area (Å²) in [6, 6.07) is 4.68. The van der Waals surface area contributed by atoms with Crippen molar-refractivity contribution in [1.29, 1.82) is 0 Å². The van der Waals surface area contributed by atoms with E-state index in [4.69, 9.17) is 16.3 Å². The minimum absolute atomic E-state index is 0.0986. The molecule has 1 aliphatic carbocycles. The van der Waals surface area contributed by atoms with Crippen molar-refractivity contribution in [3.05, 3.63) is 50.6 Å². The first kappa shape index (κ1) is 23.2. The quantitative estimate of drug-likeness (QED) is 0.561. The maximum absolute atomic E-state index is 14.2. The fourth-order valence-corrected chi connectivity index (χ4v) is 6.11. The number of ether oxygens (including phenoxy) is 1. The first-order chi connectivity index (χ1) is 15.5. The average Bonchev–Trinajstić information content (AvgIpc) is 3.14. The number of rotatable bonds is 6. The summed E-state index contributed by atoms with van der Waals surface area (Å²) in [5, 5.41) is 4.04. The van der Waals surface area contributed by atoms with Gasteiger partial charge in [-0.25, -0.2) is 9.18 Å². The molecule has 2 aliphatic rings. The molecular weight excluding hydrogens is 451 g/mol. The van der Waals surface area contributed by atoms with Gasteiger partial charge < -0.3 is 10.1 Å². The number of anilines is 1. The number of nitrogens with zero attached hydrogens (tertiary/aromatic N) is 1. The summed E-state index contributed by atoms with van der Waals surface area (Å²) in [4.78, 5) is 29.1. The van der Waals surface area contributed by atoms with Crippen LogP contribution in [0.1, 0.15) is 59.0 Å². The van der Waals surface area contributed by atoms with Crippen molar-refractivity contribution in [3.63, 3.8) is 0 Å². The van der Waals surface area contributed by atoms with Gasteiger partial charge in [-0.3, -0.25) is 9.69 Å². The molecule has 1 atom stereocenters. The van der Waals surface area contributed by atoms with Crippen molar-refractivity contribution in [2.75, 3.05) is 25.0 Å². The lowest BCUT2D eigenvalue weighted by molar-refractivity contribution is -0.121. The number of likely N-dealkylation sites (tertiary alicyclic amines) is 1. The van der Waals surface area contributed by atoms with Crippen LogP contribution in [-0.2, 0) is 28.9 Å². The summed E-state index contributed by atoms with van der Waals surface area (Å²) >= 11 is 7.69. The van der Waals surface area contributed by atoms with Crippen LogP contribution in [-0.4, -0.2) is 36.5 Å². The predicted octanol–water partition coefficient (Wildman–Crippen LogP) is 5.45. The second-order valence-electron chi connectivity index (χ2n) is 8.40. The van der Waals surface area contributed by atoms with E-state index < -0.39 is 0 Å². The van der Waals surface area contributed by atoms with Gasteiger partial charge in [0.1, 0.15) is 10.8 Å². The molecule has 0 spiro atoms. The predicted molar refractivity (Wildman–Crippen MR) is 125 cm³/mol. The topological polar surface area (TPSA) is 58.6 Å². The summed E-state index contributed by atoms with van der Waals surface area (Å²) in [6.45, 7) is 3.77. The number of halogens is 2. The fraction of sp³-hybridized carbons (Fsp3) is 0.500. The molecule has 1 unspecified atom stereocenters. The number of esters is 1. The smallest absolute Gasteiger partial charge is 0.341 e. The molecule has 0 radical (unpaired) electrons. The first-order valence-electron chi connectivity index (χ1n) is 11.3. The van der Waals surface area contributed by atoms with Crippen molar-refractivity contribution < 1.29 is 18.7 Å². The van der Waals surface area contributed by atoms with E-state index in [1.807, 2.05) is 0 Å². The van der Waals surface area contributed by atoms with Crippen molar-refractivity contribution in [1.82, 2.24) is 4.90 Å². The Kier molecular flexibility index (Phi) is 7.48. The van der Waals surface area contributed by atoms with Crippen molar-refractivity contribution in [2.24, 2.45) is 5.92 Å². The molecule has 1 aliphatic heterocycles. The Balaban J connectivity index is 1.48. The molecule has 2 heterocycles. The minimum atomic E-state index is -0.360. The number of carbonyl (C=O) groups excluding carboxylic acids is 2. The number of thiophene rings is 1. The van der Waals surface area contributed by atoms with Gasteiger partial charge in [0.2, 0.25) is 5.91 Å². The molecular formula is C24H28ClFN2O3S. The maximum Gasteiger partial charge on any atom is 0.341 e. The standard InChI is InChI=1S/C24H28ClFN2O3S/c1-2-31-24(30)21-16-8-3-4-11-20(16)32-23(21)27-22(29)15-7-6-12-28(13-15)14-17-18(25)9-5-10-19(17)26/h5,9-10,15H,2-4,6-8,11-14H2,1H3,(H,27,29). The number of amides is 1. The summed E-state index contributed by atoms with van der Waals surface area (Å²) in [5.41, 5.74) is 2.03. The monoisotopic (exact) mass is 478 g/mol. The molecule has 1 aromatic heterocycles. The van der Waals surface area contributed by atoms with Gasteiger partial charge in [-0.2, -0.15) is 0 Å². The summed E-state index contributed by atoms with van der Waals surface area (Å²) < 4.78 is 19.5. The highest BCUT2D eigenvalue weighted by Gasteiger charge is 2.31. The van der Waals surface area contributed by atoms with Gasteiger partial charge in [0.05, 0.1) is 18.1 Å². The highest BCUT2D eigenvalue weighted by Crippen LogP contribution is 2.39. The van der Waals surface area contributed by atoms with Gasteiger partial charge in [-0.1, -0.05) is 17.7 Å². The highest BCUT2D eigenvalue weighted by molar-refractivity contribution is 7.17. The second-order valence-corrected chi connectivity index (χ2v) is 9.91. The first-order valence-corrected chi connectivity index (χ1v) is 12.4. The molecule has 1 aromatic carbocycles. The van der Waals surface area contributed by atoms with Gasteiger partial charge in [0.25, 0.3) is 0 Å². The number of nitrogens with one attached hydrogen (secondary N) is 1. The highest BCUT2D eigenvalue weighted by atomic mass is 35.5. The third-order valence-corrected chi connectivity index (χ3v) is 7.77. The van der Waals surface area contributed by atoms with Crippen molar-refractivity contribution in [3.8, 4) is 0 Å². The zero-order chi connectivity index (χ0) is 22.7. The van der Waals surface area contributed by atoms with E-state index in [-0.39, 0.29) is 23.6 Å². The van der Waals surface area contributed by atoms with Crippen molar-refractivity contribution in [2.45, 2.75) is 52.0 Å². The Morgan fingerprint density at radius 3 is 2.88 bits per heavy atom. The lowest BCUT2D eigenvalue weighted by atomic mass is 9.95. The SMILES string of the molecule is CCOC(=O)c1c(NC(=O)C2CCCN(Cc3c(F)cccc3Cl)C2)sc2c1CCCC2. The van der Waals surface area contributed by atoms with Gasteiger partial charge in [0, 0.05) is 28.6 Å². The zero-order valence-corrected chi connectivity index (χ0v) is 19.8. The molecule has 4 rings (SSSR count). The third-order valence-electron chi connectivity index (χ3n) is 6.21. The normalized spacial score (nSPS) is 18.8. The number of hydrogen-bond acceptors (Lipinski definition) is 5. The van der Waals surface area contributed by atoms with E-state index in [9.17, 15) is 14.0 Å². The lowest BCUT2D eigenvalue weighted by Gasteiger charge is -2.32. The Morgan fingerprint density at radius 1 is 1.28 bits per heavy atom. The van der Waals surface area contributed by atoms with E-state index in [2.05, 4.69) is 10.2 Å². The van der Waals surface area contributed by atoms with E-state index >= 15 is 0 Å². The van der Waals surface area contributed by atoms with Gasteiger partial charge in [-0.05, 0) is 69.7 Å². The van der Waals surface area contributed by atoms with Crippen LogP contribution >= 0.6 is 22.9 Å². The number of fused-ring (bicyclic) bond motifs is 1. The van der Waals surface area contributed by atoms with Crippen LogP contribution in [0.4, 0.5) is 9.39 Å². The Bertz CT molecular complexity index is 989. The molecule has 2 aromatic rings. The minimum Gasteiger partial charge on any atom is -0.462 e. The van der Waals surface area contributed by atoms with Crippen LogP contribution in [0.2, 0.25) is 5.02 Å². The molecule has 0 saturated carbocycles. The molecule has 0 bridgehead atoms. The number of aryl methyl sites for hydroxylation is 1. The van der Waals surface area contributed by atoms with Gasteiger partial charge in [-0.15, -0.1) is 11.3 Å². The number of piperidine rings is 1. The average molecular weight is 479 g/mol. The largest absolute Gasteiger partial charge is 0.462 e. The molecule has 8 heteroatoms. The zero-order valence-electron chi connectivity index (χ0n) is 18.2. The lowest BCUT2D eigenvalue weighted by Crippen LogP contribution is -2.40. The van der Waals surface area contributed by atoms with Crippen LogP contribution < -0.4 is 5.32 Å². The second kappa shape index (κ2) is 10.3. The fourth-order valence-electron chi connectivity index (χ4n) is 4.61. The van der Waals surface area contributed by atoms with Crippen LogP contribution in [0.25, 0.3) is 0 Å². The van der Waals surface area contributed by atoms with E-state index in [1.54, 1.807) is 19.1 Å². The van der Waals surface area contributed by atoms with Crippen LogP contribution in [0.5, 0.6) is 0 Å². The Morgan fingerprint density at radius 2 is 2.09 bits per heavy atom. The molecule has 1 amide bonds. The molecule has 1 fully saturated rings. The number of benzene rings is 1. The molecule has 1 saturated heterocycles. The van der Waals surface area contributed by atoms with Gasteiger partial charge in [0.15, 0.2) is 0 Å².